The molecule has 0 atom stereocenters. The highest BCUT2D eigenvalue weighted by Gasteiger charge is 2.22. The number of ether oxygens (including phenoxy) is 3. The number of esters is 1. The van der Waals surface area contributed by atoms with Gasteiger partial charge in [0.1, 0.15) is 19.5 Å². The minimum absolute atomic E-state index is 0.000969. The molecule has 2 aliphatic heterocycles. The molecule has 6 heteroatoms. The van der Waals surface area contributed by atoms with Crippen LogP contribution in [0.5, 0.6) is 0 Å². The highest BCUT2D eigenvalue weighted by atomic mass is 16.6. The maximum absolute atomic E-state index is 12.2. The molecule has 0 aliphatic carbocycles. The Kier molecular flexibility index (Phi) is 5.15. The van der Waals surface area contributed by atoms with Gasteiger partial charge in [-0.05, 0) is 17.6 Å². The zero-order chi connectivity index (χ0) is 16.8. The van der Waals surface area contributed by atoms with Crippen LogP contribution in [0.2, 0.25) is 0 Å². The van der Waals surface area contributed by atoms with E-state index in [1.165, 1.54) is 17.4 Å². The van der Waals surface area contributed by atoms with Gasteiger partial charge in [-0.3, -0.25) is 4.79 Å². The van der Waals surface area contributed by atoms with E-state index in [-0.39, 0.29) is 18.3 Å². The van der Waals surface area contributed by atoms with Gasteiger partial charge in [0.25, 0.3) is 5.91 Å². The van der Waals surface area contributed by atoms with Crippen LogP contribution in [-0.2, 0) is 23.8 Å². The van der Waals surface area contributed by atoms with E-state index in [2.05, 4.69) is 12.1 Å². The van der Waals surface area contributed by atoms with Crippen LogP contribution in [-0.4, -0.2) is 49.7 Å². The van der Waals surface area contributed by atoms with Crippen molar-refractivity contribution in [3.05, 3.63) is 54.0 Å². The zero-order valence-electron chi connectivity index (χ0n) is 13.3. The molecule has 24 heavy (non-hydrogen) atoms. The van der Waals surface area contributed by atoms with Gasteiger partial charge in [0.2, 0.25) is 5.76 Å². The van der Waals surface area contributed by atoms with E-state index in [1.54, 1.807) is 4.90 Å². The molecule has 0 aromatic heterocycles. The number of carbonyl (C=O) groups is 2. The topological polar surface area (TPSA) is 65.1 Å². The summed E-state index contributed by atoms with van der Waals surface area (Å²) in [4.78, 5) is 25.6. The average Bonchev–Trinajstić information content (AvgIpc) is 2.67. The summed E-state index contributed by atoms with van der Waals surface area (Å²) in [5.41, 5.74) is 2.41. The third-order valence-electron chi connectivity index (χ3n) is 3.88. The highest BCUT2D eigenvalue weighted by Crippen LogP contribution is 2.22. The first-order chi connectivity index (χ1) is 11.7. The van der Waals surface area contributed by atoms with Crippen molar-refractivity contribution in [2.24, 2.45) is 0 Å². The second-order valence-corrected chi connectivity index (χ2v) is 5.46. The molecule has 126 valence electrons. The Hall–Kier alpha value is -2.76. The normalized spacial score (nSPS) is 17.1. The number of rotatable bonds is 4. The van der Waals surface area contributed by atoms with E-state index < -0.39 is 5.97 Å². The number of amides is 1. The molecular weight excluding hydrogens is 310 g/mol. The van der Waals surface area contributed by atoms with Crippen molar-refractivity contribution in [2.45, 2.75) is 6.42 Å². The van der Waals surface area contributed by atoms with Crippen LogP contribution in [0.3, 0.4) is 0 Å². The van der Waals surface area contributed by atoms with E-state index in [9.17, 15) is 9.59 Å². The number of carbonyl (C=O) groups excluding carboxylic acids is 2. The molecule has 1 amide bonds. The molecule has 2 aliphatic rings. The second kappa shape index (κ2) is 7.68. The number of nitrogens with zero attached hydrogens (tertiary/aromatic N) is 1. The summed E-state index contributed by atoms with van der Waals surface area (Å²) < 4.78 is 15.1. The fourth-order valence-corrected chi connectivity index (χ4v) is 2.58. The smallest absolute Gasteiger partial charge is 0.377 e. The summed E-state index contributed by atoms with van der Waals surface area (Å²) in [5, 5.41) is 0. The summed E-state index contributed by atoms with van der Waals surface area (Å²) >= 11 is 0. The summed E-state index contributed by atoms with van der Waals surface area (Å²) in [6.45, 7) is 1.53. The lowest BCUT2D eigenvalue weighted by Gasteiger charge is -2.26. The first kappa shape index (κ1) is 16.1. The predicted molar refractivity (Wildman–Crippen MR) is 86.6 cm³/mol. The van der Waals surface area contributed by atoms with E-state index in [4.69, 9.17) is 14.2 Å². The lowest BCUT2D eigenvalue weighted by molar-refractivity contribution is -0.152. The van der Waals surface area contributed by atoms with Crippen molar-refractivity contribution < 1.29 is 23.8 Å². The molecule has 0 unspecified atom stereocenters. The fraction of sp³-hybridized carbons (Fsp3) is 0.333. The van der Waals surface area contributed by atoms with Gasteiger partial charge in [-0.1, -0.05) is 36.4 Å². The second-order valence-electron chi connectivity index (χ2n) is 5.46. The maximum Gasteiger partial charge on any atom is 0.377 e. The van der Waals surface area contributed by atoms with E-state index in [0.29, 0.717) is 26.3 Å². The van der Waals surface area contributed by atoms with Crippen LogP contribution in [0.15, 0.2) is 48.4 Å². The third kappa shape index (κ3) is 3.95. The Morgan fingerprint density at radius 2 is 2.00 bits per heavy atom. The Morgan fingerprint density at radius 3 is 2.67 bits per heavy atom. The van der Waals surface area contributed by atoms with Crippen molar-refractivity contribution in [3.63, 3.8) is 0 Å². The van der Waals surface area contributed by atoms with Crippen LogP contribution in [0.25, 0.3) is 5.57 Å². The van der Waals surface area contributed by atoms with Gasteiger partial charge in [0.05, 0.1) is 0 Å². The monoisotopic (exact) mass is 329 g/mol. The van der Waals surface area contributed by atoms with E-state index in [1.807, 2.05) is 24.3 Å². The summed E-state index contributed by atoms with van der Waals surface area (Å²) in [7, 11) is 0. The summed E-state index contributed by atoms with van der Waals surface area (Å²) in [5.74, 6) is -0.899. The Labute approximate surface area is 140 Å². The lowest BCUT2D eigenvalue weighted by Crippen LogP contribution is -2.37. The third-order valence-corrected chi connectivity index (χ3v) is 3.88. The standard InChI is InChI=1S/C18H19NO5/c20-17(13-24-18(21)16-12-22-10-11-23-16)19-8-6-15(7-9-19)14-4-2-1-3-5-14/h1-6,12H,7-11,13H2. The van der Waals surface area contributed by atoms with Crippen LogP contribution in [0.4, 0.5) is 0 Å². The molecule has 0 saturated heterocycles. The first-order valence-corrected chi connectivity index (χ1v) is 7.88. The van der Waals surface area contributed by atoms with Crippen molar-refractivity contribution in [2.75, 3.05) is 32.9 Å². The van der Waals surface area contributed by atoms with Crippen molar-refractivity contribution >= 4 is 17.4 Å². The first-order valence-electron chi connectivity index (χ1n) is 7.88. The number of hydrogen-bond donors (Lipinski definition) is 0. The SMILES string of the molecule is O=C(OCC(=O)N1CC=C(c2ccccc2)CC1)C1=COCCO1. The van der Waals surface area contributed by atoms with Gasteiger partial charge < -0.3 is 19.1 Å². The number of hydrogen-bond acceptors (Lipinski definition) is 5. The molecule has 1 aromatic carbocycles. The predicted octanol–water partition coefficient (Wildman–Crippen LogP) is 1.73. The fourth-order valence-electron chi connectivity index (χ4n) is 2.58. The molecule has 0 saturated carbocycles. The summed E-state index contributed by atoms with van der Waals surface area (Å²) in [6.07, 6.45) is 4.04. The minimum Gasteiger partial charge on any atom is -0.493 e. The Morgan fingerprint density at radius 1 is 1.17 bits per heavy atom. The molecule has 0 N–H and O–H groups in total. The molecule has 6 nitrogen and oxygen atoms in total. The van der Waals surface area contributed by atoms with E-state index >= 15 is 0 Å². The number of benzene rings is 1. The van der Waals surface area contributed by atoms with Crippen LogP contribution in [0, 0.1) is 0 Å². The van der Waals surface area contributed by atoms with E-state index in [0.717, 1.165) is 6.42 Å². The Balaban J connectivity index is 1.49. The lowest BCUT2D eigenvalue weighted by atomic mass is 10.00. The van der Waals surface area contributed by atoms with Crippen LogP contribution < -0.4 is 0 Å². The quantitative estimate of drug-likeness (QED) is 0.787. The zero-order valence-corrected chi connectivity index (χ0v) is 13.3. The molecule has 1 aromatic rings. The minimum atomic E-state index is -0.680. The Bertz CT molecular complexity index is 665. The molecule has 0 fully saturated rings. The summed E-state index contributed by atoms with van der Waals surface area (Å²) in [6, 6.07) is 10.1. The molecule has 0 spiro atoms. The van der Waals surface area contributed by atoms with Gasteiger partial charge in [-0.25, -0.2) is 4.79 Å². The molecule has 0 radical (unpaired) electrons. The maximum atomic E-state index is 12.2. The van der Waals surface area contributed by atoms with Crippen molar-refractivity contribution in [3.8, 4) is 0 Å². The van der Waals surface area contributed by atoms with Gasteiger partial charge in [0, 0.05) is 13.1 Å². The van der Waals surface area contributed by atoms with Crippen molar-refractivity contribution in [1.29, 1.82) is 0 Å². The van der Waals surface area contributed by atoms with Crippen LogP contribution in [0.1, 0.15) is 12.0 Å². The molecule has 0 bridgehead atoms. The van der Waals surface area contributed by atoms with Gasteiger partial charge in [-0.15, -0.1) is 0 Å². The molecule has 3 rings (SSSR count). The van der Waals surface area contributed by atoms with Crippen molar-refractivity contribution in [1.82, 2.24) is 4.90 Å². The molecular formula is C18H19NO5. The van der Waals surface area contributed by atoms with Gasteiger partial charge in [0.15, 0.2) is 6.61 Å². The van der Waals surface area contributed by atoms with Crippen LogP contribution >= 0.6 is 0 Å². The van der Waals surface area contributed by atoms with Gasteiger partial charge in [-0.2, -0.15) is 0 Å². The largest absolute Gasteiger partial charge is 0.493 e. The van der Waals surface area contributed by atoms with Gasteiger partial charge >= 0.3 is 5.97 Å². The highest BCUT2D eigenvalue weighted by molar-refractivity contribution is 5.88. The molecule has 2 heterocycles. The average molecular weight is 329 g/mol.